The lowest BCUT2D eigenvalue weighted by Crippen LogP contribution is -3.11. The topological polar surface area (TPSA) is 40.0 Å². The maximum atomic E-state index is 11.8. The number of quaternary nitrogens is 1. The maximum absolute atomic E-state index is 11.8. The van der Waals surface area contributed by atoms with E-state index in [2.05, 4.69) is 13.8 Å². The molecule has 4 nitrogen and oxygen atoms in total. The van der Waals surface area contributed by atoms with E-state index in [-0.39, 0.29) is 18.4 Å². The number of benzene rings is 1. The summed E-state index contributed by atoms with van der Waals surface area (Å²) in [5, 5.41) is 0. The number of nitrogens with one attached hydrogen (secondary N) is 1. The first-order valence-electron chi connectivity index (χ1n) is 6.94. The highest BCUT2D eigenvalue weighted by atomic mass is 35.5. The Bertz CT molecular complexity index is 377. The van der Waals surface area contributed by atoms with E-state index in [4.69, 9.17) is 9.47 Å². The summed E-state index contributed by atoms with van der Waals surface area (Å²) in [6.07, 6.45) is 0. The molecule has 20 heavy (non-hydrogen) atoms. The van der Waals surface area contributed by atoms with Crippen molar-refractivity contribution in [3.8, 4) is 5.75 Å². The summed E-state index contributed by atoms with van der Waals surface area (Å²) in [4.78, 5) is 13.2. The summed E-state index contributed by atoms with van der Waals surface area (Å²) in [5.74, 6) is 0.501. The van der Waals surface area contributed by atoms with Crippen LogP contribution in [0.1, 0.15) is 31.1 Å². The zero-order valence-electron chi connectivity index (χ0n) is 12.4. The predicted molar refractivity (Wildman–Crippen MR) is 74.8 cm³/mol. The third-order valence-corrected chi connectivity index (χ3v) is 3.09. The molecule has 1 aromatic rings. The summed E-state index contributed by atoms with van der Waals surface area (Å²) in [6.45, 7) is 10.2. The Morgan fingerprint density at radius 2 is 1.70 bits per heavy atom. The van der Waals surface area contributed by atoms with E-state index >= 15 is 0 Å². The molecule has 0 aliphatic heterocycles. The van der Waals surface area contributed by atoms with Crippen molar-refractivity contribution in [1.29, 1.82) is 0 Å². The summed E-state index contributed by atoms with van der Waals surface area (Å²) < 4.78 is 10.6. The number of carbonyl (C=O) groups excluding carboxylic acids is 1. The molecule has 0 amide bonds. The summed E-state index contributed by atoms with van der Waals surface area (Å²) >= 11 is 0. The first-order valence-corrected chi connectivity index (χ1v) is 6.94. The monoisotopic (exact) mass is 301 g/mol. The molecule has 5 heteroatoms. The molecule has 0 aliphatic rings. The van der Waals surface area contributed by atoms with Crippen molar-refractivity contribution in [2.75, 3.05) is 32.8 Å². The van der Waals surface area contributed by atoms with Crippen molar-refractivity contribution >= 4 is 5.97 Å². The third-order valence-electron chi connectivity index (χ3n) is 3.09. The van der Waals surface area contributed by atoms with Gasteiger partial charge >= 0.3 is 5.97 Å². The molecular weight excluding hydrogens is 278 g/mol. The molecule has 0 saturated carbocycles. The minimum Gasteiger partial charge on any atom is -1.00 e. The number of carbonyl (C=O) groups is 1. The number of likely N-dealkylation sites (N-methyl/N-ethyl adjacent to an activating group) is 1. The van der Waals surface area contributed by atoms with Crippen LogP contribution in [0, 0.1) is 0 Å². The third kappa shape index (κ3) is 6.26. The molecule has 1 aromatic carbocycles. The molecule has 114 valence electrons. The van der Waals surface area contributed by atoms with E-state index in [0.717, 1.165) is 25.4 Å². The first kappa shape index (κ1) is 18.7. The van der Waals surface area contributed by atoms with Crippen LogP contribution in [0.15, 0.2) is 24.3 Å². The summed E-state index contributed by atoms with van der Waals surface area (Å²) in [5.41, 5.74) is 0.568. The van der Waals surface area contributed by atoms with Crippen molar-refractivity contribution in [2.24, 2.45) is 0 Å². The normalized spacial score (nSPS) is 10.0. The average molecular weight is 302 g/mol. The van der Waals surface area contributed by atoms with Gasteiger partial charge in [-0.3, -0.25) is 0 Å². The van der Waals surface area contributed by atoms with E-state index < -0.39 is 0 Å². The molecule has 0 unspecified atom stereocenters. The quantitative estimate of drug-likeness (QED) is 0.574. The number of halogens is 1. The Morgan fingerprint density at radius 1 is 1.10 bits per heavy atom. The van der Waals surface area contributed by atoms with Gasteiger partial charge in [0, 0.05) is 0 Å². The van der Waals surface area contributed by atoms with Gasteiger partial charge in [0.05, 0.1) is 25.3 Å². The lowest BCUT2D eigenvalue weighted by Gasteiger charge is -2.15. The molecule has 0 aromatic heterocycles. The second-order valence-corrected chi connectivity index (χ2v) is 4.30. The molecule has 0 spiro atoms. The smallest absolute Gasteiger partial charge is 0.338 e. The van der Waals surface area contributed by atoms with E-state index in [1.54, 1.807) is 24.3 Å². The number of rotatable bonds is 8. The second kappa shape index (κ2) is 10.5. The van der Waals surface area contributed by atoms with Crippen LogP contribution in [-0.4, -0.2) is 38.8 Å². The van der Waals surface area contributed by atoms with Gasteiger partial charge in [-0.15, -0.1) is 0 Å². The molecule has 0 atom stereocenters. The molecule has 0 radical (unpaired) electrons. The van der Waals surface area contributed by atoms with Gasteiger partial charge in [-0.1, -0.05) is 0 Å². The Balaban J connectivity index is 0.00000361. The minimum absolute atomic E-state index is 0. The first-order chi connectivity index (χ1) is 9.21. The van der Waals surface area contributed by atoms with Crippen LogP contribution in [0.4, 0.5) is 0 Å². The van der Waals surface area contributed by atoms with Crippen LogP contribution < -0.4 is 22.0 Å². The number of esters is 1. The van der Waals surface area contributed by atoms with Gasteiger partial charge in [-0.05, 0) is 45.0 Å². The fraction of sp³-hybridized carbons (Fsp3) is 0.533. The zero-order chi connectivity index (χ0) is 14.1. The number of hydrogen-bond acceptors (Lipinski definition) is 3. The van der Waals surface area contributed by atoms with Gasteiger partial charge in [0.2, 0.25) is 0 Å². The van der Waals surface area contributed by atoms with Crippen LogP contribution in [-0.2, 0) is 4.74 Å². The molecular formula is C15H24ClNO3. The fourth-order valence-electron chi connectivity index (χ4n) is 1.83. The van der Waals surface area contributed by atoms with Crippen molar-refractivity contribution in [3.05, 3.63) is 29.8 Å². The van der Waals surface area contributed by atoms with E-state index in [0.29, 0.717) is 18.8 Å². The molecule has 0 bridgehead atoms. The maximum Gasteiger partial charge on any atom is 0.338 e. The summed E-state index contributed by atoms with van der Waals surface area (Å²) in [7, 11) is 0. The highest BCUT2D eigenvalue weighted by Crippen LogP contribution is 2.12. The standard InChI is InChI=1S/C15H23NO3.ClH/c1-4-16(5-2)11-12-19-15(17)13-7-9-14(10-8-13)18-6-3;/h7-10H,4-6,11-12H2,1-3H3;1H. The van der Waals surface area contributed by atoms with Crippen molar-refractivity contribution in [1.82, 2.24) is 0 Å². The Kier molecular flexibility index (Phi) is 9.86. The highest BCUT2D eigenvalue weighted by Gasteiger charge is 2.09. The molecule has 1 rings (SSSR count). The fourth-order valence-corrected chi connectivity index (χ4v) is 1.83. The molecule has 0 aliphatic carbocycles. The van der Waals surface area contributed by atoms with E-state index in [1.807, 2.05) is 6.92 Å². The number of ether oxygens (including phenoxy) is 2. The second-order valence-electron chi connectivity index (χ2n) is 4.30. The van der Waals surface area contributed by atoms with Crippen molar-refractivity contribution in [3.63, 3.8) is 0 Å². The van der Waals surface area contributed by atoms with Crippen molar-refractivity contribution in [2.45, 2.75) is 20.8 Å². The van der Waals surface area contributed by atoms with Crippen LogP contribution in [0.3, 0.4) is 0 Å². The molecule has 0 heterocycles. The Morgan fingerprint density at radius 3 is 2.20 bits per heavy atom. The van der Waals surface area contributed by atoms with Crippen LogP contribution >= 0.6 is 0 Å². The minimum atomic E-state index is -0.269. The molecule has 0 fully saturated rings. The highest BCUT2D eigenvalue weighted by molar-refractivity contribution is 5.89. The van der Waals surface area contributed by atoms with Gasteiger partial charge in [0.15, 0.2) is 0 Å². The Hall–Kier alpha value is -1.26. The SMILES string of the molecule is CCOc1ccc(C(=O)OCC[NH+](CC)CC)cc1.[Cl-]. The molecule has 1 N–H and O–H groups in total. The number of hydrogen-bond donors (Lipinski definition) is 1. The van der Waals surface area contributed by atoms with Gasteiger partial charge in [0.25, 0.3) is 0 Å². The van der Waals surface area contributed by atoms with Crippen LogP contribution in [0.25, 0.3) is 0 Å². The lowest BCUT2D eigenvalue weighted by atomic mass is 10.2. The Labute approximate surface area is 127 Å². The van der Waals surface area contributed by atoms with Crippen LogP contribution in [0.2, 0.25) is 0 Å². The molecule has 0 saturated heterocycles. The van der Waals surface area contributed by atoms with Gasteiger partial charge in [-0.2, -0.15) is 0 Å². The summed E-state index contributed by atoms with van der Waals surface area (Å²) in [6, 6.07) is 7.04. The van der Waals surface area contributed by atoms with E-state index in [9.17, 15) is 4.79 Å². The van der Waals surface area contributed by atoms with Gasteiger partial charge in [0.1, 0.15) is 18.9 Å². The lowest BCUT2D eigenvalue weighted by molar-refractivity contribution is -0.896. The van der Waals surface area contributed by atoms with E-state index in [1.165, 1.54) is 4.90 Å². The predicted octanol–water partition coefficient (Wildman–Crippen LogP) is -1.83. The van der Waals surface area contributed by atoms with Gasteiger partial charge in [-0.25, -0.2) is 4.79 Å². The zero-order valence-corrected chi connectivity index (χ0v) is 13.2. The van der Waals surface area contributed by atoms with Crippen molar-refractivity contribution < 1.29 is 31.6 Å². The van der Waals surface area contributed by atoms with Gasteiger partial charge < -0.3 is 26.8 Å². The average Bonchev–Trinajstić information content (AvgIpc) is 2.44. The largest absolute Gasteiger partial charge is 1.00 e. The van der Waals surface area contributed by atoms with Crippen LogP contribution in [0.5, 0.6) is 5.75 Å².